The Labute approximate surface area is 217 Å². The molecule has 0 atom stereocenters. The highest BCUT2D eigenvalue weighted by Crippen LogP contribution is 2.57. The van der Waals surface area contributed by atoms with Crippen LogP contribution in [0.3, 0.4) is 0 Å². The molecule has 10 heteroatoms. The minimum Gasteiger partial charge on any atom is -0.508 e. The van der Waals surface area contributed by atoms with Gasteiger partial charge in [-0.2, -0.15) is 0 Å². The summed E-state index contributed by atoms with van der Waals surface area (Å²) >= 11 is 5.36. The summed E-state index contributed by atoms with van der Waals surface area (Å²) in [6.45, 7) is 0.592. The summed E-state index contributed by atoms with van der Waals surface area (Å²) in [7, 11) is 0. The summed E-state index contributed by atoms with van der Waals surface area (Å²) in [6.07, 6.45) is 2.32. The molecule has 2 heterocycles. The number of hydrogen-bond acceptors (Lipinski definition) is 7. The molecule has 0 fully saturated rings. The number of aliphatic carboxylic acids is 1. The van der Waals surface area contributed by atoms with E-state index in [1.807, 2.05) is 0 Å². The van der Waals surface area contributed by atoms with Gasteiger partial charge in [0.2, 0.25) is 0 Å². The molecule has 0 radical (unpaired) electrons. The lowest BCUT2D eigenvalue weighted by Gasteiger charge is -2.36. The largest absolute Gasteiger partial charge is 0.508 e. The van der Waals surface area contributed by atoms with Crippen molar-refractivity contribution in [2.45, 2.75) is 31.3 Å². The van der Waals surface area contributed by atoms with Crippen molar-refractivity contribution in [2.75, 3.05) is 11.9 Å². The Morgan fingerprint density at radius 1 is 0.892 bits per heavy atom. The van der Waals surface area contributed by atoms with Crippen molar-refractivity contribution in [3.05, 3.63) is 76.9 Å². The van der Waals surface area contributed by atoms with Crippen LogP contribution in [0.15, 0.2) is 54.6 Å². The van der Waals surface area contributed by atoms with Crippen LogP contribution in [0.25, 0.3) is 0 Å². The van der Waals surface area contributed by atoms with Gasteiger partial charge in [0.1, 0.15) is 23.0 Å². The van der Waals surface area contributed by atoms with E-state index in [1.165, 1.54) is 24.3 Å². The maximum Gasteiger partial charge on any atom is 0.340 e. The Bertz CT molecular complexity index is 1370. The van der Waals surface area contributed by atoms with Crippen molar-refractivity contribution < 1.29 is 34.4 Å². The normalized spacial score (nSPS) is 14.1. The lowest BCUT2D eigenvalue weighted by Crippen LogP contribution is -2.33. The Kier molecular flexibility index (Phi) is 6.34. The molecule has 190 valence electrons. The van der Waals surface area contributed by atoms with Gasteiger partial charge in [-0.1, -0.05) is 12.5 Å². The molecule has 5 N–H and O–H groups in total. The summed E-state index contributed by atoms with van der Waals surface area (Å²) in [4.78, 5) is 23.8. The van der Waals surface area contributed by atoms with Crippen molar-refractivity contribution in [1.29, 1.82) is 0 Å². The van der Waals surface area contributed by atoms with Gasteiger partial charge in [-0.3, -0.25) is 4.79 Å². The first kappa shape index (κ1) is 24.4. The Hall–Kier alpha value is -4.31. The number of benzene rings is 3. The van der Waals surface area contributed by atoms with Crippen molar-refractivity contribution in [3.8, 4) is 23.0 Å². The van der Waals surface area contributed by atoms with Crippen LogP contribution in [0.4, 0.5) is 5.69 Å². The number of anilines is 1. The average molecular weight is 521 g/mol. The topological polar surface area (TPSA) is 137 Å². The van der Waals surface area contributed by atoms with E-state index in [4.69, 9.17) is 26.8 Å². The molecule has 2 aliphatic rings. The molecule has 0 saturated carbocycles. The first-order valence-corrected chi connectivity index (χ1v) is 12.2. The molecule has 3 aromatic rings. The first-order valence-electron chi connectivity index (χ1n) is 11.8. The monoisotopic (exact) mass is 520 g/mol. The maximum atomic E-state index is 13.2. The SMILES string of the molecule is O=C(O)CCCCCNC(=S)Nc1ccc2c(c1)C(=O)OC21c2ccc(O)cc2Oc2cc(O)ccc21. The molecule has 2 aliphatic heterocycles. The van der Waals surface area contributed by atoms with Crippen molar-refractivity contribution in [1.82, 2.24) is 5.32 Å². The van der Waals surface area contributed by atoms with Gasteiger partial charge >= 0.3 is 11.9 Å². The van der Waals surface area contributed by atoms with E-state index in [2.05, 4.69) is 10.6 Å². The van der Waals surface area contributed by atoms with Crippen molar-refractivity contribution >= 4 is 35.0 Å². The molecule has 9 nitrogen and oxygen atoms in total. The van der Waals surface area contributed by atoms with Gasteiger partial charge in [-0.05, 0) is 61.5 Å². The summed E-state index contributed by atoms with van der Waals surface area (Å²) in [5, 5.41) is 35.3. The molecule has 0 unspecified atom stereocenters. The van der Waals surface area contributed by atoms with E-state index in [1.54, 1.807) is 30.3 Å². The van der Waals surface area contributed by atoms with Gasteiger partial charge in [0.25, 0.3) is 0 Å². The zero-order valence-electron chi connectivity index (χ0n) is 19.6. The molecule has 37 heavy (non-hydrogen) atoms. The third-order valence-electron chi connectivity index (χ3n) is 6.38. The average Bonchev–Trinajstić information content (AvgIpc) is 3.13. The fraction of sp³-hybridized carbons (Fsp3) is 0.222. The Balaban J connectivity index is 1.41. The number of ether oxygens (including phenoxy) is 2. The van der Waals surface area contributed by atoms with E-state index in [0.29, 0.717) is 57.5 Å². The molecule has 0 aliphatic carbocycles. The minimum atomic E-state index is -1.32. The molecular weight excluding hydrogens is 496 g/mol. The maximum absolute atomic E-state index is 13.2. The van der Waals surface area contributed by atoms with Gasteiger partial charge in [0.05, 0.1) is 5.56 Å². The smallest absolute Gasteiger partial charge is 0.340 e. The van der Waals surface area contributed by atoms with Crippen LogP contribution in [-0.2, 0) is 15.1 Å². The number of nitrogens with one attached hydrogen (secondary N) is 2. The van der Waals surface area contributed by atoms with E-state index < -0.39 is 17.5 Å². The molecule has 0 aromatic heterocycles. The van der Waals surface area contributed by atoms with Gasteiger partial charge in [0, 0.05) is 47.5 Å². The number of unbranched alkanes of at least 4 members (excludes halogenated alkanes) is 2. The highest BCUT2D eigenvalue weighted by atomic mass is 32.1. The number of esters is 1. The van der Waals surface area contributed by atoms with Crippen LogP contribution in [0.2, 0.25) is 0 Å². The second kappa shape index (κ2) is 9.62. The number of phenols is 2. The highest BCUT2D eigenvalue weighted by Gasteiger charge is 2.53. The van der Waals surface area contributed by atoms with E-state index in [0.717, 1.165) is 12.8 Å². The summed E-state index contributed by atoms with van der Waals surface area (Å²) in [5.74, 6) is -0.722. The number of carboxylic acid groups (broad SMARTS) is 1. The van der Waals surface area contributed by atoms with E-state index >= 15 is 0 Å². The second-order valence-corrected chi connectivity index (χ2v) is 9.29. The Morgan fingerprint density at radius 2 is 1.54 bits per heavy atom. The standard InChI is InChI=1S/C27H24N2O7S/c30-16-6-9-20-22(13-16)35-23-14-17(31)7-10-21(23)27(20)19-8-5-15(12-18(19)25(34)36-27)29-26(37)28-11-3-1-2-4-24(32)33/h5-10,12-14,30-31H,1-4,11H2,(H,32,33)(H2,28,29,37). The van der Waals surface area contributed by atoms with Crippen molar-refractivity contribution in [3.63, 3.8) is 0 Å². The third kappa shape index (κ3) is 4.51. The number of aromatic hydroxyl groups is 2. The van der Waals surface area contributed by atoms with Crippen LogP contribution < -0.4 is 15.4 Å². The molecule has 5 rings (SSSR count). The fourth-order valence-electron chi connectivity index (χ4n) is 4.74. The fourth-order valence-corrected chi connectivity index (χ4v) is 4.96. The molecule has 1 spiro atoms. The van der Waals surface area contributed by atoms with Crippen LogP contribution >= 0.6 is 12.2 Å². The molecular formula is C27H24N2O7S. The van der Waals surface area contributed by atoms with E-state index in [-0.39, 0.29) is 17.9 Å². The van der Waals surface area contributed by atoms with Gasteiger partial charge < -0.3 is 35.4 Å². The number of hydrogen-bond donors (Lipinski definition) is 5. The predicted molar refractivity (Wildman–Crippen MR) is 138 cm³/mol. The number of phenolic OH excluding ortho intramolecular Hbond substituents is 2. The molecule has 0 saturated heterocycles. The van der Waals surface area contributed by atoms with Crippen molar-refractivity contribution in [2.24, 2.45) is 0 Å². The first-order chi connectivity index (χ1) is 17.8. The zero-order valence-corrected chi connectivity index (χ0v) is 20.4. The molecule has 0 amide bonds. The highest BCUT2D eigenvalue weighted by molar-refractivity contribution is 7.80. The number of carbonyl (C=O) groups is 2. The van der Waals surface area contributed by atoms with Crippen LogP contribution in [0.5, 0.6) is 23.0 Å². The second-order valence-electron chi connectivity index (χ2n) is 8.88. The Morgan fingerprint density at radius 3 is 2.19 bits per heavy atom. The number of thiocarbonyl (C=S) groups is 1. The number of rotatable bonds is 7. The minimum absolute atomic E-state index is 0.00973. The third-order valence-corrected chi connectivity index (χ3v) is 6.63. The zero-order chi connectivity index (χ0) is 26.2. The summed E-state index contributed by atoms with van der Waals surface area (Å²) in [5.41, 5.74) is 1.33. The van der Waals surface area contributed by atoms with Gasteiger partial charge in [-0.15, -0.1) is 0 Å². The van der Waals surface area contributed by atoms with Gasteiger partial charge in [0.15, 0.2) is 10.7 Å². The number of carbonyl (C=O) groups excluding carboxylic acids is 1. The summed E-state index contributed by atoms with van der Waals surface area (Å²) < 4.78 is 12.0. The van der Waals surface area contributed by atoms with Gasteiger partial charge in [-0.25, -0.2) is 4.79 Å². The lowest BCUT2D eigenvalue weighted by atomic mass is 9.77. The van der Waals surface area contributed by atoms with Crippen LogP contribution in [-0.4, -0.2) is 38.9 Å². The number of carboxylic acids is 1. The van der Waals surface area contributed by atoms with Crippen LogP contribution in [0, 0.1) is 0 Å². The molecule has 3 aromatic carbocycles. The van der Waals surface area contributed by atoms with E-state index in [9.17, 15) is 19.8 Å². The lowest BCUT2D eigenvalue weighted by molar-refractivity contribution is -0.137. The predicted octanol–water partition coefficient (Wildman–Crippen LogP) is 4.60. The summed E-state index contributed by atoms with van der Waals surface area (Å²) in [6, 6.07) is 14.5. The number of fused-ring (bicyclic) bond motifs is 6. The molecule has 0 bridgehead atoms. The quantitative estimate of drug-likeness (QED) is 0.171. The van der Waals surface area contributed by atoms with Crippen LogP contribution in [0.1, 0.15) is 52.7 Å².